The number of esters is 1. The molecule has 0 radical (unpaired) electrons. The number of carbonyl (C=O) groups is 2. The Balaban J connectivity index is 1.68. The molecule has 0 bridgehead atoms. The lowest BCUT2D eigenvalue weighted by atomic mass is 9.98. The summed E-state index contributed by atoms with van der Waals surface area (Å²) in [5, 5.41) is 0. The summed E-state index contributed by atoms with van der Waals surface area (Å²) in [7, 11) is 1.26. The molecule has 0 aliphatic carbocycles. The first kappa shape index (κ1) is 28.9. The standard InChI is InChI=1S/C28H24F6N2O4/c1-39-25(37)20-4-2-18(3-5-20)17-36(26(38)35-10-12-40-13-11-35)24-8-6-19(7-9-24)21-14-22(27(29,30)31)16-23(15-21)28(32,33)34/h2-9,14-16H,10-13,17H2,1H3. The van der Waals surface area contributed by atoms with Gasteiger partial charge in [-0.3, -0.25) is 4.90 Å². The van der Waals surface area contributed by atoms with E-state index >= 15 is 0 Å². The lowest BCUT2D eigenvalue weighted by Gasteiger charge is -2.33. The number of nitrogens with zero attached hydrogens (tertiary/aromatic N) is 2. The van der Waals surface area contributed by atoms with E-state index in [9.17, 15) is 35.9 Å². The number of morpholine rings is 1. The highest BCUT2D eigenvalue weighted by Crippen LogP contribution is 2.39. The number of amides is 2. The quantitative estimate of drug-likeness (QED) is 0.257. The van der Waals surface area contributed by atoms with Crippen molar-refractivity contribution in [1.82, 2.24) is 4.90 Å². The number of rotatable bonds is 5. The maximum absolute atomic E-state index is 13.5. The minimum absolute atomic E-state index is 0.0755. The first-order valence-electron chi connectivity index (χ1n) is 12.1. The monoisotopic (exact) mass is 566 g/mol. The van der Waals surface area contributed by atoms with Crippen molar-refractivity contribution in [3.8, 4) is 11.1 Å². The Labute approximate surface area is 225 Å². The Morgan fingerprint density at radius 2 is 1.38 bits per heavy atom. The van der Waals surface area contributed by atoms with Crippen molar-refractivity contribution in [2.45, 2.75) is 18.9 Å². The Hall–Kier alpha value is -4.06. The topological polar surface area (TPSA) is 59.1 Å². The van der Waals surface area contributed by atoms with Crippen molar-refractivity contribution < 1.29 is 45.4 Å². The first-order valence-corrected chi connectivity index (χ1v) is 12.1. The molecule has 0 N–H and O–H groups in total. The second kappa shape index (κ2) is 11.6. The van der Waals surface area contributed by atoms with Crippen molar-refractivity contribution in [3.05, 3.63) is 89.0 Å². The van der Waals surface area contributed by atoms with E-state index in [1.807, 2.05) is 0 Å². The average molecular weight is 566 g/mol. The minimum Gasteiger partial charge on any atom is -0.465 e. The Morgan fingerprint density at radius 1 is 0.825 bits per heavy atom. The fraction of sp³-hybridized carbons (Fsp3) is 0.286. The molecule has 1 fully saturated rings. The number of halogens is 6. The van der Waals surface area contributed by atoms with Crippen LogP contribution < -0.4 is 4.90 Å². The zero-order valence-electron chi connectivity index (χ0n) is 21.2. The number of anilines is 1. The van der Waals surface area contributed by atoms with Gasteiger partial charge in [-0.25, -0.2) is 9.59 Å². The van der Waals surface area contributed by atoms with Crippen molar-refractivity contribution in [2.75, 3.05) is 38.3 Å². The molecule has 212 valence electrons. The van der Waals surface area contributed by atoms with Gasteiger partial charge in [0.05, 0.1) is 43.6 Å². The molecule has 1 heterocycles. The molecular formula is C28H24F6N2O4. The van der Waals surface area contributed by atoms with E-state index in [4.69, 9.17) is 9.47 Å². The van der Waals surface area contributed by atoms with Gasteiger partial charge in [0.15, 0.2) is 0 Å². The van der Waals surface area contributed by atoms with Gasteiger partial charge < -0.3 is 14.4 Å². The maximum atomic E-state index is 13.5. The summed E-state index contributed by atoms with van der Waals surface area (Å²) in [5.74, 6) is -0.522. The summed E-state index contributed by atoms with van der Waals surface area (Å²) in [4.78, 5) is 28.2. The van der Waals surface area contributed by atoms with Crippen LogP contribution in [0.4, 0.5) is 36.8 Å². The van der Waals surface area contributed by atoms with Crippen molar-refractivity contribution in [1.29, 1.82) is 0 Å². The molecule has 40 heavy (non-hydrogen) atoms. The summed E-state index contributed by atoms with van der Waals surface area (Å²) in [6.07, 6.45) is -9.94. The van der Waals surface area contributed by atoms with Crippen LogP contribution in [0.5, 0.6) is 0 Å². The molecular weight excluding hydrogens is 542 g/mol. The summed E-state index contributed by atoms with van der Waals surface area (Å²) in [6.45, 7) is 1.48. The summed E-state index contributed by atoms with van der Waals surface area (Å²) >= 11 is 0. The number of benzene rings is 3. The van der Waals surface area contributed by atoms with E-state index in [1.165, 1.54) is 36.3 Å². The average Bonchev–Trinajstić information content (AvgIpc) is 2.95. The minimum atomic E-state index is -4.97. The largest absolute Gasteiger partial charge is 0.465 e. The van der Waals surface area contributed by atoms with E-state index in [-0.39, 0.29) is 29.8 Å². The van der Waals surface area contributed by atoms with Crippen LogP contribution in [0.15, 0.2) is 66.7 Å². The number of hydrogen-bond acceptors (Lipinski definition) is 4. The van der Waals surface area contributed by atoms with E-state index in [0.29, 0.717) is 55.3 Å². The van der Waals surface area contributed by atoms with Gasteiger partial charge in [0, 0.05) is 18.8 Å². The van der Waals surface area contributed by atoms with Crippen molar-refractivity contribution in [2.24, 2.45) is 0 Å². The normalized spacial score (nSPS) is 14.1. The third-order valence-electron chi connectivity index (χ3n) is 6.33. The second-order valence-electron chi connectivity index (χ2n) is 9.00. The molecule has 2 amide bonds. The fourth-order valence-electron chi connectivity index (χ4n) is 4.20. The zero-order chi connectivity index (χ0) is 29.1. The first-order chi connectivity index (χ1) is 18.9. The number of ether oxygens (including phenoxy) is 2. The molecule has 12 heteroatoms. The van der Waals surface area contributed by atoms with Gasteiger partial charge in [0.1, 0.15) is 0 Å². The molecule has 3 aromatic rings. The number of methoxy groups -OCH3 is 1. The molecule has 3 aromatic carbocycles. The molecule has 0 unspecified atom stereocenters. The van der Waals surface area contributed by atoms with Crippen LogP contribution in [0, 0.1) is 0 Å². The number of carbonyl (C=O) groups excluding carboxylic acids is 2. The van der Waals surface area contributed by atoms with E-state index in [1.54, 1.807) is 29.2 Å². The van der Waals surface area contributed by atoms with Gasteiger partial charge in [-0.2, -0.15) is 26.3 Å². The summed E-state index contributed by atoms with van der Waals surface area (Å²) < 4.78 is 90.0. The fourth-order valence-corrected chi connectivity index (χ4v) is 4.20. The van der Waals surface area contributed by atoms with Crippen molar-refractivity contribution >= 4 is 17.7 Å². The number of alkyl halides is 6. The van der Waals surface area contributed by atoms with Gasteiger partial charge in [-0.1, -0.05) is 24.3 Å². The SMILES string of the molecule is COC(=O)c1ccc(CN(C(=O)N2CCOCC2)c2ccc(-c3cc(C(F)(F)F)cc(C(F)(F)F)c3)cc2)cc1. The third-order valence-corrected chi connectivity index (χ3v) is 6.33. The second-order valence-corrected chi connectivity index (χ2v) is 9.00. The zero-order valence-corrected chi connectivity index (χ0v) is 21.2. The number of hydrogen-bond donors (Lipinski definition) is 0. The lowest BCUT2D eigenvalue weighted by Crippen LogP contribution is -2.48. The van der Waals surface area contributed by atoms with Crippen LogP contribution in [-0.2, 0) is 28.4 Å². The molecule has 1 saturated heterocycles. The predicted octanol–water partition coefficient (Wildman–Crippen LogP) is 6.64. The Morgan fingerprint density at radius 3 is 1.88 bits per heavy atom. The van der Waals surface area contributed by atoms with Crippen LogP contribution in [0.2, 0.25) is 0 Å². The highest BCUT2D eigenvalue weighted by molar-refractivity contribution is 5.92. The van der Waals surface area contributed by atoms with Gasteiger partial charge in [-0.05, 0) is 59.2 Å². The van der Waals surface area contributed by atoms with Crippen molar-refractivity contribution in [3.63, 3.8) is 0 Å². The smallest absolute Gasteiger partial charge is 0.416 e. The number of urea groups is 1. The molecule has 1 aliphatic heterocycles. The molecule has 6 nitrogen and oxygen atoms in total. The summed E-state index contributed by atoms with van der Waals surface area (Å²) in [6, 6.07) is 13.1. The van der Waals surface area contributed by atoms with Crippen LogP contribution in [-0.4, -0.2) is 50.3 Å². The van der Waals surface area contributed by atoms with E-state index in [0.717, 1.165) is 0 Å². The Kier molecular flexibility index (Phi) is 8.38. The lowest BCUT2D eigenvalue weighted by molar-refractivity contribution is -0.143. The molecule has 0 saturated carbocycles. The molecule has 0 aromatic heterocycles. The highest BCUT2D eigenvalue weighted by Gasteiger charge is 2.37. The van der Waals surface area contributed by atoms with E-state index in [2.05, 4.69) is 0 Å². The van der Waals surface area contributed by atoms with Crippen LogP contribution in [0.25, 0.3) is 11.1 Å². The highest BCUT2D eigenvalue weighted by atomic mass is 19.4. The summed E-state index contributed by atoms with van der Waals surface area (Å²) in [5.41, 5.74) is -1.62. The van der Waals surface area contributed by atoms with Gasteiger partial charge in [0.2, 0.25) is 0 Å². The molecule has 0 atom stereocenters. The van der Waals surface area contributed by atoms with Crippen LogP contribution >= 0.6 is 0 Å². The molecule has 4 rings (SSSR count). The van der Waals surface area contributed by atoms with Gasteiger partial charge in [0.25, 0.3) is 0 Å². The third kappa shape index (κ3) is 6.74. The van der Waals surface area contributed by atoms with Gasteiger partial charge in [-0.15, -0.1) is 0 Å². The maximum Gasteiger partial charge on any atom is 0.416 e. The molecule has 0 spiro atoms. The van der Waals surface area contributed by atoms with Gasteiger partial charge >= 0.3 is 24.4 Å². The predicted molar refractivity (Wildman–Crippen MR) is 134 cm³/mol. The Bertz CT molecular complexity index is 1320. The van der Waals surface area contributed by atoms with Crippen LogP contribution in [0.3, 0.4) is 0 Å². The molecule has 1 aliphatic rings. The van der Waals surface area contributed by atoms with Crippen LogP contribution in [0.1, 0.15) is 27.0 Å². The van der Waals surface area contributed by atoms with E-state index < -0.39 is 29.4 Å².